The van der Waals surface area contributed by atoms with Crippen LogP contribution in [0.1, 0.15) is 39.2 Å². The standard InChI is InChI=1S/C18H28ClN3/c1-17(2,3)22-13-18(7-10-21(12-18)9-4-8-20)15-11-14(19)5-6-16(15)22/h5-6,11H,4,7-10,12-13,20H2,1-3H3/t18-/m0/s1. The van der Waals surface area contributed by atoms with Crippen LogP contribution >= 0.6 is 11.6 Å². The summed E-state index contributed by atoms with van der Waals surface area (Å²) in [7, 11) is 0. The van der Waals surface area contributed by atoms with Gasteiger partial charge in [0.15, 0.2) is 0 Å². The zero-order valence-electron chi connectivity index (χ0n) is 14.0. The predicted molar refractivity (Wildman–Crippen MR) is 95.0 cm³/mol. The Morgan fingerprint density at radius 3 is 2.73 bits per heavy atom. The number of likely N-dealkylation sites (tertiary alicyclic amines) is 1. The van der Waals surface area contributed by atoms with E-state index >= 15 is 0 Å². The molecule has 0 amide bonds. The molecule has 2 N–H and O–H groups in total. The highest BCUT2D eigenvalue weighted by Gasteiger charge is 2.49. The summed E-state index contributed by atoms with van der Waals surface area (Å²) in [4.78, 5) is 5.13. The smallest absolute Gasteiger partial charge is 0.0411 e. The van der Waals surface area contributed by atoms with Crippen molar-refractivity contribution in [2.24, 2.45) is 5.73 Å². The molecule has 0 radical (unpaired) electrons. The first-order valence-corrected chi connectivity index (χ1v) is 8.74. The van der Waals surface area contributed by atoms with Crippen LogP contribution in [0.5, 0.6) is 0 Å². The molecule has 0 unspecified atom stereocenters. The van der Waals surface area contributed by atoms with Crippen molar-refractivity contribution < 1.29 is 0 Å². The summed E-state index contributed by atoms with van der Waals surface area (Å²) in [6.07, 6.45) is 2.30. The van der Waals surface area contributed by atoms with E-state index in [2.05, 4.69) is 42.7 Å². The molecule has 1 aromatic rings. The van der Waals surface area contributed by atoms with E-state index < -0.39 is 0 Å². The first kappa shape index (κ1) is 16.1. The average molecular weight is 322 g/mol. The van der Waals surface area contributed by atoms with Crippen LogP contribution in [-0.2, 0) is 5.41 Å². The largest absolute Gasteiger partial charge is 0.366 e. The highest BCUT2D eigenvalue weighted by Crippen LogP contribution is 2.49. The summed E-state index contributed by atoms with van der Waals surface area (Å²) in [5.74, 6) is 0. The van der Waals surface area contributed by atoms with Crippen LogP contribution in [0.2, 0.25) is 5.02 Å². The van der Waals surface area contributed by atoms with Crippen molar-refractivity contribution in [1.82, 2.24) is 4.90 Å². The lowest BCUT2D eigenvalue weighted by Gasteiger charge is -2.36. The molecule has 1 atom stereocenters. The fourth-order valence-corrected chi connectivity index (χ4v) is 4.22. The van der Waals surface area contributed by atoms with Crippen molar-refractivity contribution in [1.29, 1.82) is 0 Å². The van der Waals surface area contributed by atoms with Crippen LogP contribution in [0.3, 0.4) is 0 Å². The molecule has 0 aromatic heterocycles. The van der Waals surface area contributed by atoms with Gasteiger partial charge in [-0.1, -0.05) is 11.6 Å². The Morgan fingerprint density at radius 2 is 2.05 bits per heavy atom. The molecular formula is C18H28ClN3. The lowest BCUT2D eigenvalue weighted by atomic mass is 9.81. The fourth-order valence-electron chi connectivity index (χ4n) is 4.05. The van der Waals surface area contributed by atoms with Gasteiger partial charge in [0, 0.05) is 34.8 Å². The number of hydrogen-bond donors (Lipinski definition) is 1. The van der Waals surface area contributed by atoms with E-state index in [1.165, 1.54) is 24.2 Å². The SMILES string of the molecule is CC(C)(C)N1C[C@@]2(CCN(CCCN)C2)c2cc(Cl)ccc21. The van der Waals surface area contributed by atoms with Crippen molar-refractivity contribution in [3.63, 3.8) is 0 Å². The normalized spacial score (nSPS) is 25.2. The molecule has 22 heavy (non-hydrogen) atoms. The van der Waals surface area contributed by atoms with Crippen LogP contribution in [0.4, 0.5) is 5.69 Å². The maximum atomic E-state index is 6.32. The van der Waals surface area contributed by atoms with Gasteiger partial charge in [0.05, 0.1) is 0 Å². The molecule has 0 saturated carbocycles. The Bertz CT molecular complexity index is 552. The quantitative estimate of drug-likeness (QED) is 0.927. The van der Waals surface area contributed by atoms with Gasteiger partial charge in [-0.3, -0.25) is 0 Å². The molecular weight excluding hydrogens is 294 g/mol. The number of benzene rings is 1. The minimum atomic E-state index is 0.136. The third kappa shape index (κ3) is 2.75. The lowest BCUT2D eigenvalue weighted by Crippen LogP contribution is -2.45. The topological polar surface area (TPSA) is 32.5 Å². The number of anilines is 1. The van der Waals surface area contributed by atoms with E-state index in [1.807, 2.05) is 6.07 Å². The molecule has 3 nitrogen and oxygen atoms in total. The first-order chi connectivity index (χ1) is 10.4. The molecule has 1 aromatic carbocycles. The number of rotatable bonds is 3. The van der Waals surface area contributed by atoms with Crippen molar-refractivity contribution in [2.75, 3.05) is 37.6 Å². The van der Waals surface area contributed by atoms with Gasteiger partial charge in [-0.15, -0.1) is 0 Å². The van der Waals surface area contributed by atoms with Crippen LogP contribution in [0.25, 0.3) is 0 Å². The van der Waals surface area contributed by atoms with Crippen LogP contribution in [-0.4, -0.2) is 43.2 Å². The van der Waals surface area contributed by atoms with Crippen molar-refractivity contribution in [3.05, 3.63) is 28.8 Å². The van der Waals surface area contributed by atoms with Gasteiger partial charge in [0.2, 0.25) is 0 Å². The fraction of sp³-hybridized carbons (Fsp3) is 0.667. The summed E-state index contributed by atoms with van der Waals surface area (Å²) in [6.45, 7) is 12.2. The van der Waals surface area contributed by atoms with E-state index in [-0.39, 0.29) is 11.0 Å². The molecule has 2 aliphatic rings. The Morgan fingerprint density at radius 1 is 1.27 bits per heavy atom. The molecule has 0 bridgehead atoms. The second-order valence-electron chi connectivity index (χ2n) is 7.87. The maximum Gasteiger partial charge on any atom is 0.0411 e. The van der Waals surface area contributed by atoms with E-state index in [4.69, 9.17) is 17.3 Å². The number of hydrogen-bond acceptors (Lipinski definition) is 3. The van der Waals surface area contributed by atoms with Crippen LogP contribution < -0.4 is 10.6 Å². The second-order valence-corrected chi connectivity index (χ2v) is 8.30. The maximum absolute atomic E-state index is 6.32. The molecule has 1 saturated heterocycles. The van der Waals surface area contributed by atoms with Gasteiger partial charge in [-0.05, 0) is 77.0 Å². The number of nitrogens with zero attached hydrogens (tertiary/aromatic N) is 2. The van der Waals surface area contributed by atoms with E-state index in [9.17, 15) is 0 Å². The number of halogens is 1. The Kier molecular flexibility index (Phi) is 4.17. The molecule has 2 heterocycles. The number of nitrogens with two attached hydrogens (primary N) is 1. The molecule has 122 valence electrons. The molecule has 1 spiro atoms. The Labute approximate surface area is 139 Å². The van der Waals surface area contributed by atoms with Gasteiger partial charge in [0.1, 0.15) is 0 Å². The highest BCUT2D eigenvalue weighted by atomic mass is 35.5. The zero-order chi connectivity index (χ0) is 16.0. The van der Waals surface area contributed by atoms with Crippen molar-refractivity contribution >= 4 is 17.3 Å². The first-order valence-electron chi connectivity index (χ1n) is 8.36. The monoisotopic (exact) mass is 321 g/mol. The van der Waals surface area contributed by atoms with Crippen LogP contribution in [0.15, 0.2) is 18.2 Å². The summed E-state index contributed by atoms with van der Waals surface area (Å²) in [5.41, 5.74) is 8.87. The predicted octanol–water partition coefficient (Wildman–Crippen LogP) is 3.25. The number of fused-ring (bicyclic) bond motifs is 2. The van der Waals surface area contributed by atoms with E-state index in [1.54, 1.807) is 0 Å². The average Bonchev–Trinajstić information content (AvgIpc) is 3.00. The molecule has 4 heteroatoms. The molecule has 2 aliphatic heterocycles. The summed E-state index contributed by atoms with van der Waals surface area (Å²) >= 11 is 6.32. The molecule has 0 aliphatic carbocycles. The van der Waals surface area contributed by atoms with E-state index in [0.717, 1.165) is 37.6 Å². The minimum Gasteiger partial charge on any atom is -0.366 e. The van der Waals surface area contributed by atoms with E-state index in [0.29, 0.717) is 0 Å². The minimum absolute atomic E-state index is 0.136. The van der Waals surface area contributed by atoms with Gasteiger partial charge < -0.3 is 15.5 Å². The van der Waals surface area contributed by atoms with Gasteiger partial charge >= 0.3 is 0 Å². The van der Waals surface area contributed by atoms with Crippen molar-refractivity contribution in [2.45, 2.75) is 44.6 Å². The summed E-state index contributed by atoms with van der Waals surface area (Å²) < 4.78 is 0. The molecule has 1 fully saturated rings. The summed E-state index contributed by atoms with van der Waals surface area (Å²) in [6, 6.07) is 6.44. The third-order valence-electron chi connectivity index (χ3n) is 5.20. The Balaban J connectivity index is 1.93. The van der Waals surface area contributed by atoms with Gasteiger partial charge in [-0.25, -0.2) is 0 Å². The van der Waals surface area contributed by atoms with Gasteiger partial charge in [0.25, 0.3) is 0 Å². The van der Waals surface area contributed by atoms with Gasteiger partial charge in [-0.2, -0.15) is 0 Å². The van der Waals surface area contributed by atoms with Crippen LogP contribution in [0, 0.1) is 0 Å². The second kappa shape index (κ2) is 5.70. The Hall–Kier alpha value is -0.770. The zero-order valence-corrected chi connectivity index (χ0v) is 14.8. The lowest BCUT2D eigenvalue weighted by molar-refractivity contribution is 0.308. The highest BCUT2D eigenvalue weighted by molar-refractivity contribution is 6.30. The molecule has 3 rings (SSSR count). The third-order valence-corrected chi connectivity index (χ3v) is 5.44. The van der Waals surface area contributed by atoms with Crippen molar-refractivity contribution in [3.8, 4) is 0 Å². The summed E-state index contributed by atoms with van der Waals surface area (Å²) in [5, 5.41) is 0.856.